The third-order valence-corrected chi connectivity index (χ3v) is 4.28. The molecule has 7 heteroatoms. The third-order valence-electron chi connectivity index (χ3n) is 4.28. The number of aromatic nitrogens is 2. The van der Waals surface area contributed by atoms with Crippen molar-refractivity contribution < 1.29 is 9.53 Å². The van der Waals surface area contributed by atoms with Gasteiger partial charge < -0.3 is 15.4 Å². The minimum absolute atomic E-state index is 0. The lowest BCUT2D eigenvalue weighted by molar-refractivity contribution is 0.0657. The molecule has 0 bridgehead atoms. The quantitative estimate of drug-likeness (QED) is 0.808. The highest BCUT2D eigenvalue weighted by Crippen LogP contribution is 2.17. The molecule has 0 saturated carbocycles. The Hall–Kier alpha value is -1.89. The van der Waals surface area contributed by atoms with Crippen LogP contribution in [0.15, 0.2) is 36.5 Å². The Labute approximate surface area is 160 Å². The van der Waals surface area contributed by atoms with Gasteiger partial charge in [0, 0.05) is 18.4 Å². The Bertz CT molecular complexity index is 694. The molecule has 2 heterocycles. The van der Waals surface area contributed by atoms with Crippen LogP contribution in [0.4, 0.5) is 5.69 Å². The average molecular weight is 379 g/mol. The van der Waals surface area contributed by atoms with E-state index in [1.54, 1.807) is 6.07 Å². The van der Waals surface area contributed by atoms with Gasteiger partial charge in [0.25, 0.3) is 5.91 Å². The molecule has 2 N–H and O–H groups in total. The van der Waals surface area contributed by atoms with Crippen LogP contribution in [0.1, 0.15) is 48.8 Å². The van der Waals surface area contributed by atoms with E-state index in [2.05, 4.69) is 15.7 Å². The van der Waals surface area contributed by atoms with Gasteiger partial charge in [-0.25, -0.2) is 0 Å². The highest BCUT2D eigenvalue weighted by atomic mass is 35.5. The minimum Gasteiger partial charge on any atom is -0.374 e. The van der Waals surface area contributed by atoms with E-state index >= 15 is 0 Å². The van der Waals surface area contributed by atoms with Crippen LogP contribution < -0.4 is 10.6 Å². The number of piperidine rings is 1. The molecule has 142 valence electrons. The molecule has 0 aliphatic carbocycles. The van der Waals surface area contributed by atoms with E-state index in [0.29, 0.717) is 18.3 Å². The van der Waals surface area contributed by atoms with Gasteiger partial charge >= 0.3 is 0 Å². The van der Waals surface area contributed by atoms with Crippen molar-refractivity contribution in [1.82, 2.24) is 15.1 Å². The van der Waals surface area contributed by atoms with Gasteiger partial charge in [-0.3, -0.25) is 9.48 Å². The summed E-state index contributed by atoms with van der Waals surface area (Å²) in [7, 11) is 0. The fourth-order valence-corrected chi connectivity index (χ4v) is 2.86. The molecule has 1 aromatic carbocycles. The molecule has 6 nitrogen and oxygen atoms in total. The summed E-state index contributed by atoms with van der Waals surface area (Å²) in [5.41, 5.74) is 2.28. The normalized spacial score (nSPS) is 17.0. The molecule has 1 saturated heterocycles. The number of hydrogen-bond donors (Lipinski definition) is 2. The van der Waals surface area contributed by atoms with Crippen molar-refractivity contribution in [3.05, 3.63) is 47.8 Å². The van der Waals surface area contributed by atoms with Gasteiger partial charge in [0.2, 0.25) is 0 Å². The van der Waals surface area contributed by atoms with Crippen LogP contribution in [0.25, 0.3) is 0 Å². The molecule has 0 radical (unpaired) electrons. The van der Waals surface area contributed by atoms with E-state index in [0.717, 1.165) is 37.2 Å². The van der Waals surface area contributed by atoms with E-state index in [1.165, 1.54) is 0 Å². The fourth-order valence-electron chi connectivity index (χ4n) is 2.86. The number of nitrogens with zero attached hydrogens (tertiary/aromatic N) is 2. The van der Waals surface area contributed by atoms with E-state index < -0.39 is 0 Å². The lowest BCUT2D eigenvalue weighted by Crippen LogP contribution is -2.32. The van der Waals surface area contributed by atoms with Gasteiger partial charge in [-0.2, -0.15) is 5.10 Å². The highest BCUT2D eigenvalue weighted by molar-refractivity contribution is 6.02. The number of hydrogen-bond acceptors (Lipinski definition) is 4. The first-order valence-electron chi connectivity index (χ1n) is 8.89. The summed E-state index contributed by atoms with van der Waals surface area (Å²) < 4.78 is 7.47. The number of rotatable bonds is 6. The van der Waals surface area contributed by atoms with Crippen LogP contribution in [0.3, 0.4) is 0 Å². The van der Waals surface area contributed by atoms with Gasteiger partial charge in [-0.05, 0) is 57.0 Å². The van der Waals surface area contributed by atoms with Crippen LogP contribution in [-0.4, -0.2) is 34.9 Å². The average Bonchev–Trinajstić information content (AvgIpc) is 3.12. The maximum Gasteiger partial charge on any atom is 0.276 e. The lowest BCUT2D eigenvalue weighted by Gasteiger charge is -2.22. The highest BCUT2D eigenvalue weighted by Gasteiger charge is 2.17. The summed E-state index contributed by atoms with van der Waals surface area (Å²) >= 11 is 0. The summed E-state index contributed by atoms with van der Waals surface area (Å²) in [6.45, 7) is 6.56. The summed E-state index contributed by atoms with van der Waals surface area (Å²) in [6, 6.07) is 9.80. The zero-order chi connectivity index (χ0) is 17.6. The van der Waals surface area contributed by atoms with Crippen molar-refractivity contribution in [3.63, 3.8) is 0 Å². The molecule has 1 fully saturated rings. The second-order valence-corrected chi connectivity index (χ2v) is 6.69. The minimum atomic E-state index is -0.186. The van der Waals surface area contributed by atoms with E-state index in [9.17, 15) is 4.79 Å². The van der Waals surface area contributed by atoms with Crippen molar-refractivity contribution >= 4 is 24.0 Å². The number of carbonyl (C=O) groups excluding carboxylic acids is 1. The summed E-state index contributed by atoms with van der Waals surface area (Å²) in [4.78, 5) is 12.4. The number of anilines is 1. The van der Waals surface area contributed by atoms with Crippen LogP contribution in [0, 0.1) is 0 Å². The topological polar surface area (TPSA) is 68.2 Å². The molecule has 1 aliphatic heterocycles. The number of halogens is 1. The lowest BCUT2D eigenvalue weighted by atomic mass is 10.1. The number of nitrogens with one attached hydrogen (secondary N) is 2. The molecule has 1 aromatic heterocycles. The Balaban J connectivity index is 0.00000243. The second-order valence-electron chi connectivity index (χ2n) is 6.69. The Morgan fingerprint density at radius 3 is 2.77 bits per heavy atom. The monoisotopic (exact) mass is 378 g/mol. The largest absolute Gasteiger partial charge is 0.374 e. The molecule has 3 rings (SSSR count). The maximum atomic E-state index is 12.4. The number of ether oxygens (including phenoxy) is 1. The molecular weight excluding hydrogens is 352 g/mol. The number of carbonyl (C=O) groups is 1. The van der Waals surface area contributed by atoms with Gasteiger partial charge in [0.15, 0.2) is 5.69 Å². The van der Waals surface area contributed by atoms with E-state index in [4.69, 9.17) is 4.74 Å². The molecule has 1 amide bonds. The molecule has 0 spiro atoms. The van der Waals surface area contributed by atoms with E-state index in [1.807, 2.05) is 49.0 Å². The molecule has 1 atom stereocenters. The molecular formula is C19H27ClN4O2. The molecule has 1 unspecified atom stereocenters. The van der Waals surface area contributed by atoms with Gasteiger partial charge in [-0.1, -0.05) is 12.1 Å². The van der Waals surface area contributed by atoms with Crippen LogP contribution >= 0.6 is 12.4 Å². The summed E-state index contributed by atoms with van der Waals surface area (Å²) in [5, 5.41) is 10.7. The first-order valence-corrected chi connectivity index (χ1v) is 8.89. The molecule has 26 heavy (non-hydrogen) atoms. The second kappa shape index (κ2) is 9.71. The SMILES string of the molecule is CC(C)OCc1ccc(NC(=O)c2ccn(C3CCCNC3)n2)cc1.Cl. The predicted octanol–water partition coefficient (Wildman–Crippen LogP) is 3.41. The Morgan fingerprint density at radius 2 is 2.12 bits per heavy atom. The first-order chi connectivity index (χ1) is 12.1. The molecule has 2 aromatic rings. The van der Waals surface area contributed by atoms with Gasteiger partial charge in [0.1, 0.15) is 0 Å². The van der Waals surface area contributed by atoms with E-state index in [-0.39, 0.29) is 24.4 Å². The maximum absolute atomic E-state index is 12.4. The van der Waals surface area contributed by atoms with Crippen molar-refractivity contribution in [2.45, 2.75) is 45.4 Å². The summed E-state index contributed by atoms with van der Waals surface area (Å²) in [6.07, 6.45) is 4.32. The Kier molecular flexibility index (Phi) is 7.63. The zero-order valence-electron chi connectivity index (χ0n) is 15.3. The third kappa shape index (κ3) is 5.56. The van der Waals surface area contributed by atoms with Crippen molar-refractivity contribution in [2.75, 3.05) is 18.4 Å². The summed E-state index contributed by atoms with van der Waals surface area (Å²) in [5.74, 6) is -0.186. The van der Waals surface area contributed by atoms with Gasteiger partial charge in [-0.15, -0.1) is 12.4 Å². The van der Waals surface area contributed by atoms with Crippen LogP contribution in [0.2, 0.25) is 0 Å². The van der Waals surface area contributed by atoms with Crippen LogP contribution in [0.5, 0.6) is 0 Å². The van der Waals surface area contributed by atoms with Crippen LogP contribution in [-0.2, 0) is 11.3 Å². The first kappa shape index (κ1) is 20.4. The number of amides is 1. The number of benzene rings is 1. The standard InChI is InChI=1S/C19H26N4O2.ClH/c1-14(2)25-13-15-5-7-16(8-6-15)21-19(24)18-9-11-23(22-18)17-4-3-10-20-12-17;/h5-9,11,14,17,20H,3-4,10,12-13H2,1-2H3,(H,21,24);1H. The molecule has 1 aliphatic rings. The zero-order valence-corrected chi connectivity index (χ0v) is 16.1. The van der Waals surface area contributed by atoms with Crippen molar-refractivity contribution in [3.8, 4) is 0 Å². The van der Waals surface area contributed by atoms with Crippen molar-refractivity contribution in [1.29, 1.82) is 0 Å². The van der Waals surface area contributed by atoms with Gasteiger partial charge in [0.05, 0.1) is 18.8 Å². The smallest absolute Gasteiger partial charge is 0.276 e. The van der Waals surface area contributed by atoms with Crippen molar-refractivity contribution in [2.24, 2.45) is 0 Å². The fraction of sp³-hybridized carbons (Fsp3) is 0.474. The Morgan fingerprint density at radius 1 is 1.35 bits per heavy atom. The predicted molar refractivity (Wildman–Crippen MR) is 105 cm³/mol.